The molecule has 0 aliphatic rings. The van der Waals surface area contributed by atoms with Crippen molar-refractivity contribution < 1.29 is 13.2 Å². The fourth-order valence-corrected chi connectivity index (χ4v) is 6.45. The molecule has 0 bridgehead atoms. The first-order valence-electron chi connectivity index (χ1n) is 12.2. The molecule has 1 amide bonds. The van der Waals surface area contributed by atoms with Crippen molar-refractivity contribution in [2.24, 2.45) is 0 Å². The number of carbonyl (C=O) groups excluding carboxylic acids is 1. The van der Waals surface area contributed by atoms with Crippen molar-refractivity contribution in [2.45, 2.75) is 38.1 Å². The summed E-state index contributed by atoms with van der Waals surface area (Å²) >= 11 is 1.41. The zero-order valence-electron chi connectivity index (χ0n) is 21.5. The summed E-state index contributed by atoms with van der Waals surface area (Å²) in [7, 11) is -3.95. The minimum atomic E-state index is -3.95. The monoisotopic (exact) mass is 558 g/mol. The molecule has 0 fully saturated rings. The van der Waals surface area contributed by atoms with Crippen LogP contribution in [-0.4, -0.2) is 41.7 Å². The van der Waals surface area contributed by atoms with Crippen molar-refractivity contribution in [3.63, 3.8) is 0 Å². The third kappa shape index (κ3) is 6.13. The Kier molecular flexibility index (Phi) is 8.67. The number of anilines is 1. The predicted molar refractivity (Wildman–Crippen MR) is 150 cm³/mol. The smallest absolute Gasteiger partial charge is 0.260 e. The summed E-state index contributed by atoms with van der Waals surface area (Å²) in [6.45, 7) is 4.17. The fraction of sp³-hybridized carbons (Fsp3) is 0.250. The van der Waals surface area contributed by atoms with Crippen LogP contribution in [0.4, 0.5) is 5.13 Å². The van der Waals surface area contributed by atoms with Crippen LogP contribution < -0.4 is 4.90 Å². The van der Waals surface area contributed by atoms with E-state index in [1.165, 1.54) is 35.6 Å². The number of benzene rings is 2. The van der Waals surface area contributed by atoms with Gasteiger partial charge in [0.25, 0.3) is 5.91 Å². The van der Waals surface area contributed by atoms with Crippen molar-refractivity contribution >= 4 is 42.6 Å². The van der Waals surface area contributed by atoms with Gasteiger partial charge in [0.05, 0.1) is 39.5 Å². The van der Waals surface area contributed by atoms with E-state index in [-0.39, 0.29) is 48.8 Å². The zero-order valence-corrected chi connectivity index (χ0v) is 23.2. The molecule has 0 saturated heterocycles. The molecular formula is C28H26N6O3S2. The van der Waals surface area contributed by atoms with Gasteiger partial charge in [-0.2, -0.15) is 14.8 Å². The van der Waals surface area contributed by atoms with E-state index in [2.05, 4.69) is 4.98 Å². The van der Waals surface area contributed by atoms with E-state index in [0.717, 1.165) is 25.6 Å². The highest BCUT2D eigenvalue weighted by Gasteiger charge is 2.26. The van der Waals surface area contributed by atoms with E-state index in [4.69, 9.17) is 15.5 Å². The normalized spacial score (nSPS) is 11.3. The van der Waals surface area contributed by atoms with Gasteiger partial charge in [0, 0.05) is 37.7 Å². The first kappa shape index (κ1) is 27.9. The minimum Gasteiger partial charge on any atom is -0.278 e. The maximum atomic E-state index is 13.8. The van der Waals surface area contributed by atoms with Crippen molar-refractivity contribution in [2.75, 3.05) is 18.0 Å². The maximum absolute atomic E-state index is 13.8. The van der Waals surface area contributed by atoms with E-state index < -0.39 is 10.0 Å². The lowest BCUT2D eigenvalue weighted by Gasteiger charge is -2.21. The van der Waals surface area contributed by atoms with Crippen molar-refractivity contribution in [3.05, 3.63) is 83.2 Å². The Hall–Kier alpha value is -4.16. The maximum Gasteiger partial charge on any atom is 0.260 e. The summed E-state index contributed by atoms with van der Waals surface area (Å²) in [5, 5.41) is 18.3. The molecule has 0 N–H and O–H groups in total. The van der Waals surface area contributed by atoms with Crippen LogP contribution in [0.1, 0.15) is 40.0 Å². The van der Waals surface area contributed by atoms with E-state index in [1.807, 2.05) is 50.3 Å². The number of hydrogen-bond donors (Lipinski definition) is 0. The van der Waals surface area contributed by atoms with E-state index in [0.29, 0.717) is 10.8 Å². The average Bonchev–Trinajstić information content (AvgIpc) is 3.39. The highest BCUT2D eigenvalue weighted by atomic mass is 32.2. The molecule has 39 heavy (non-hydrogen) atoms. The summed E-state index contributed by atoms with van der Waals surface area (Å²) in [6.07, 6.45) is 1.67. The minimum absolute atomic E-state index is 0.00484. The Balaban J connectivity index is 1.68. The largest absolute Gasteiger partial charge is 0.278 e. The van der Waals surface area contributed by atoms with E-state index in [9.17, 15) is 13.2 Å². The second-order valence-corrected chi connectivity index (χ2v) is 11.8. The lowest BCUT2D eigenvalue weighted by molar-refractivity contribution is 0.0984. The van der Waals surface area contributed by atoms with Crippen molar-refractivity contribution in [1.29, 1.82) is 10.5 Å². The van der Waals surface area contributed by atoms with Crippen molar-refractivity contribution in [1.82, 2.24) is 14.3 Å². The zero-order chi connectivity index (χ0) is 28.0. The van der Waals surface area contributed by atoms with Gasteiger partial charge in [-0.25, -0.2) is 13.4 Å². The number of pyridine rings is 1. The molecule has 0 saturated carbocycles. The number of rotatable bonds is 10. The van der Waals surface area contributed by atoms with Gasteiger partial charge in [0.15, 0.2) is 5.13 Å². The summed E-state index contributed by atoms with van der Waals surface area (Å²) in [6, 6.07) is 19.1. The predicted octanol–water partition coefficient (Wildman–Crippen LogP) is 4.97. The molecule has 198 valence electrons. The third-order valence-corrected chi connectivity index (χ3v) is 9.24. The number of aryl methyl sites for hydroxylation is 2. The Morgan fingerprint density at radius 1 is 0.974 bits per heavy atom. The lowest BCUT2D eigenvalue weighted by atomic mass is 10.1. The highest BCUT2D eigenvalue weighted by molar-refractivity contribution is 7.89. The van der Waals surface area contributed by atoms with Crippen LogP contribution in [0, 0.1) is 36.5 Å². The molecule has 2 aromatic heterocycles. The molecule has 4 rings (SSSR count). The van der Waals surface area contributed by atoms with Gasteiger partial charge in [-0.15, -0.1) is 0 Å². The third-order valence-electron chi connectivity index (χ3n) is 6.28. The summed E-state index contributed by atoms with van der Waals surface area (Å²) in [4.78, 5) is 24.5. The number of nitriles is 2. The second-order valence-electron chi connectivity index (χ2n) is 8.81. The number of carbonyl (C=O) groups is 1. The summed E-state index contributed by atoms with van der Waals surface area (Å²) in [5.41, 5.74) is 3.97. The molecule has 0 spiro atoms. The first-order chi connectivity index (χ1) is 18.8. The molecule has 0 aliphatic carbocycles. The van der Waals surface area contributed by atoms with Gasteiger partial charge in [-0.05, 0) is 67.4 Å². The number of aromatic nitrogens is 2. The van der Waals surface area contributed by atoms with Gasteiger partial charge in [0.2, 0.25) is 10.0 Å². The SMILES string of the molecule is Cc1ccc2sc(N(Cc3ccccn3)C(=O)c3ccc(S(=O)(=O)N(CCC#N)CCC#N)cc3)nc2c1C. The molecule has 0 atom stereocenters. The molecule has 0 aliphatic heterocycles. The van der Waals surface area contributed by atoms with E-state index >= 15 is 0 Å². The van der Waals surface area contributed by atoms with Crippen LogP contribution in [0.3, 0.4) is 0 Å². The van der Waals surface area contributed by atoms with Crippen LogP contribution in [0.5, 0.6) is 0 Å². The van der Waals surface area contributed by atoms with Gasteiger partial charge < -0.3 is 0 Å². The van der Waals surface area contributed by atoms with Crippen molar-refractivity contribution in [3.8, 4) is 12.1 Å². The molecule has 2 aromatic carbocycles. The molecule has 2 heterocycles. The van der Waals surface area contributed by atoms with Gasteiger partial charge in [0.1, 0.15) is 0 Å². The van der Waals surface area contributed by atoms with Crippen LogP contribution >= 0.6 is 11.3 Å². The Morgan fingerprint density at radius 2 is 1.67 bits per heavy atom. The Labute approximate surface area is 231 Å². The van der Waals surface area contributed by atoms with Gasteiger partial charge in [-0.1, -0.05) is 23.5 Å². The number of hydrogen-bond acceptors (Lipinski definition) is 8. The fourth-order valence-electron chi connectivity index (χ4n) is 3.99. The highest BCUT2D eigenvalue weighted by Crippen LogP contribution is 2.33. The summed E-state index contributed by atoms with van der Waals surface area (Å²) < 4.78 is 28.4. The lowest BCUT2D eigenvalue weighted by Crippen LogP contribution is -2.33. The number of amides is 1. The summed E-state index contributed by atoms with van der Waals surface area (Å²) in [5.74, 6) is -0.344. The average molecular weight is 559 g/mol. The van der Waals surface area contributed by atoms with Crippen LogP contribution in [0.25, 0.3) is 10.2 Å². The topological polar surface area (TPSA) is 131 Å². The molecule has 9 nitrogen and oxygen atoms in total. The second kappa shape index (κ2) is 12.1. The molecule has 0 unspecified atom stereocenters. The number of sulfonamides is 1. The Bertz CT molecular complexity index is 1650. The Morgan fingerprint density at radius 3 is 2.28 bits per heavy atom. The number of fused-ring (bicyclic) bond motifs is 1. The molecule has 11 heteroatoms. The number of nitrogens with zero attached hydrogens (tertiary/aromatic N) is 6. The van der Waals surface area contributed by atoms with E-state index in [1.54, 1.807) is 17.2 Å². The quantitative estimate of drug-likeness (QED) is 0.268. The van der Waals surface area contributed by atoms with Crippen LogP contribution in [-0.2, 0) is 16.6 Å². The van der Waals surface area contributed by atoms with Crippen LogP contribution in [0.2, 0.25) is 0 Å². The van der Waals surface area contributed by atoms with Gasteiger partial charge in [-0.3, -0.25) is 14.7 Å². The molecule has 4 aromatic rings. The first-order valence-corrected chi connectivity index (χ1v) is 14.4. The number of thiazole rings is 1. The molecule has 0 radical (unpaired) electrons. The standard InChI is InChI=1S/C28H26N6O3S2/c1-20-8-13-25-26(21(20)2)32-28(38-25)34(19-23-7-3-4-16-31-23)27(35)22-9-11-24(12-10-22)39(36,37)33(17-5-14-29)18-6-15-30/h3-4,7-13,16H,5-6,17-19H2,1-2H3. The molecular weight excluding hydrogens is 532 g/mol. The van der Waals surface area contributed by atoms with Crippen LogP contribution in [0.15, 0.2) is 65.7 Å². The van der Waals surface area contributed by atoms with Gasteiger partial charge >= 0.3 is 0 Å².